The Morgan fingerprint density at radius 1 is 1.32 bits per heavy atom. The van der Waals surface area contributed by atoms with Gasteiger partial charge in [0.25, 0.3) is 0 Å². The summed E-state index contributed by atoms with van der Waals surface area (Å²) < 4.78 is 5.41. The van der Waals surface area contributed by atoms with Gasteiger partial charge in [0, 0.05) is 31.7 Å². The molecule has 28 heavy (non-hydrogen) atoms. The highest BCUT2D eigenvalue weighted by atomic mass is 16.3. The van der Waals surface area contributed by atoms with Gasteiger partial charge in [-0.25, -0.2) is 4.98 Å². The number of nitrogens with zero attached hydrogens (tertiary/aromatic N) is 4. The summed E-state index contributed by atoms with van der Waals surface area (Å²) in [6.45, 7) is 5.61. The SMILES string of the molecule is CCN1CCc2c(C#N)c(N(CCO)CCO)nc(NCc3ccco3)c2C1. The Hall–Kier alpha value is -2.60. The molecule has 0 aromatic carbocycles. The summed E-state index contributed by atoms with van der Waals surface area (Å²) in [6.07, 6.45) is 2.40. The van der Waals surface area contributed by atoms with Gasteiger partial charge in [0.2, 0.25) is 0 Å². The van der Waals surface area contributed by atoms with E-state index in [1.807, 2.05) is 12.1 Å². The van der Waals surface area contributed by atoms with E-state index in [1.54, 1.807) is 11.2 Å². The van der Waals surface area contributed by atoms with Crippen molar-refractivity contribution in [3.05, 3.63) is 40.8 Å². The summed E-state index contributed by atoms with van der Waals surface area (Å²) in [5.41, 5.74) is 2.57. The van der Waals surface area contributed by atoms with Crippen molar-refractivity contribution >= 4 is 11.6 Å². The fourth-order valence-corrected chi connectivity index (χ4v) is 3.59. The molecule has 2 aromatic rings. The molecule has 2 aromatic heterocycles. The molecular formula is C20H27N5O3. The van der Waals surface area contributed by atoms with E-state index in [1.165, 1.54) is 0 Å². The number of rotatable bonds is 9. The van der Waals surface area contributed by atoms with Gasteiger partial charge in [-0.15, -0.1) is 0 Å². The van der Waals surface area contributed by atoms with Gasteiger partial charge in [0.05, 0.1) is 31.6 Å². The maximum absolute atomic E-state index is 9.86. The lowest BCUT2D eigenvalue weighted by Crippen LogP contribution is -2.35. The van der Waals surface area contributed by atoms with Crippen LogP contribution in [-0.4, -0.2) is 59.5 Å². The van der Waals surface area contributed by atoms with Crippen LogP contribution >= 0.6 is 0 Å². The summed E-state index contributed by atoms with van der Waals surface area (Å²) in [5, 5.41) is 32.1. The first-order valence-electron chi connectivity index (χ1n) is 9.62. The number of nitriles is 1. The van der Waals surface area contributed by atoms with Gasteiger partial charge in [-0.05, 0) is 30.7 Å². The van der Waals surface area contributed by atoms with Crippen LogP contribution in [0.4, 0.5) is 11.6 Å². The molecule has 0 spiro atoms. The van der Waals surface area contributed by atoms with Gasteiger partial charge >= 0.3 is 0 Å². The summed E-state index contributed by atoms with van der Waals surface area (Å²) in [7, 11) is 0. The molecule has 0 aliphatic carbocycles. The molecule has 3 heterocycles. The number of furan rings is 1. The molecule has 0 saturated carbocycles. The molecule has 0 amide bonds. The predicted molar refractivity (Wildman–Crippen MR) is 106 cm³/mol. The van der Waals surface area contributed by atoms with Crippen LogP contribution in [-0.2, 0) is 19.5 Å². The van der Waals surface area contributed by atoms with Crippen LogP contribution in [0.25, 0.3) is 0 Å². The van der Waals surface area contributed by atoms with E-state index in [9.17, 15) is 15.5 Å². The van der Waals surface area contributed by atoms with E-state index in [0.29, 0.717) is 31.0 Å². The molecule has 8 heteroatoms. The van der Waals surface area contributed by atoms with Gasteiger partial charge in [-0.3, -0.25) is 4.90 Å². The van der Waals surface area contributed by atoms with E-state index in [4.69, 9.17) is 9.40 Å². The molecule has 0 atom stereocenters. The minimum absolute atomic E-state index is 0.0809. The number of aliphatic hydroxyl groups is 2. The second-order valence-electron chi connectivity index (χ2n) is 6.71. The lowest BCUT2D eigenvalue weighted by Gasteiger charge is -2.32. The third-order valence-electron chi connectivity index (χ3n) is 5.06. The average Bonchev–Trinajstić information content (AvgIpc) is 3.24. The molecular weight excluding hydrogens is 358 g/mol. The zero-order chi connectivity index (χ0) is 19.9. The van der Waals surface area contributed by atoms with Gasteiger partial charge in [0.1, 0.15) is 23.5 Å². The predicted octanol–water partition coefficient (Wildman–Crippen LogP) is 1.33. The van der Waals surface area contributed by atoms with Crippen LogP contribution in [0.3, 0.4) is 0 Å². The first-order chi connectivity index (χ1) is 13.7. The molecule has 0 radical (unpaired) electrons. The van der Waals surface area contributed by atoms with Crippen LogP contribution in [0.5, 0.6) is 0 Å². The van der Waals surface area contributed by atoms with E-state index in [2.05, 4.69) is 23.2 Å². The molecule has 1 aliphatic heterocycles. The molecule has 150 valence electrons. The number of pyridine rings is 1. The van der Waals surface area contributed by atoms with Gasteiger partial charge in [-0.1, -0.05) is 6.92 Å². The Morgan fingerprint density at radius 2 is 2.11 bits per heavy atom. The van der Waals surface area contributed by atoms with Crippen molar-refractivity contribution in [2.45, 2.75) is 26.4 Å². The van der Waals surface area contributed by atoms with Crippen LogP contribution in [0.15, 0.2) is 22.8 Å². The van der Waals surface area contributed by atoms with Crippen molar-refractivity contribution in [1.82, 2.24) is 9.88 Å². The van der Waals surface area contributed by atoms with Crippen molar-refractivity contribution in [2.75, 3.05) is 49.6 Å². The Labute approximate surface area is 165 Å². The van der Waals surface area contributed by atoms with E-state index >= 15 is 0 Å². The molecule has 0 unspecified atom stereocenters. The number of anilines is 2. The zero-order valence-corrected chi connectivity index (χ0v) is 16.2. The Kier molecular flexibility index (Phi) is 6.87. The minimum Gasteiger partial charge on any atom is -0.467 e. The van der Waals surface area contributed by atoms with E-state index in [-0.39, 0.29) is 13.2 Å². The lowest BCUT2D eigenvalue weighted by molar-refractivity contribution is 0.267. The third kappa shape index (κ3) is 4.28. The number of likely N-dealkylation sites (N-methyl/N-ethyl adjacent to an activating group) is 1. The largest absolute Gasteiger partial charge is 0.467 e. The van der Waals surface area contributed by atoms with E-state index < -0.39 is 0 Å². The van der Waals surface area contributed by atoms with E-state index in [0.717, 1.165) is 48.8 Å². The van der Waals surface area contributed by atoms with Crippen LogP contribution in [0.2, 0.25) is 0 Å². The molecule has 0 fully saturated rings. The molecule has 0 bridgehead atoms. The standard InChI is InChI=1S/C20H27N5O3/c1-2-24-6-5-16-17(12-21)20(25(7-9-26)8-10-27)23-19(18(16)14-24)22-13-15-4-3-11-28-15/h3-4,11,26-27H,2,5-10,13-14H2,1H3,(H,22,23). The maximum atomic E-state index is 9.86. The number of fused-ring (bicyclic) bond motifs is 1. The van der Waals surface area contributed by atoms with Crippen molar-refractivity contribution in [1.29, 1.82) is 5.26 Å². The maximum Gasteiger partial charge on any atom is 0.149 e. The quantitative estimate of drug-likeness (QED) is 0.593. The van der Waals surface area contributed by atoms with Crippen molar-refractivity contribution in [3.63, 3.8) is 0 Å². The highest BCUT2D eigenvalue weighted by Crippen LogP contribution is 2.33. The van der Waals surface area contributed by atoms with Crippen molar-refractivity contribution in [2.24, 2.45) is 0 Å². The smallest absolute Gasteiger partial charge is 0.149 e. The Morgan fingerprint density at radius 3 is 2.71 bits per heavy atom. The summed E-state index contributed by atoms with van der Waals surface area (Å²) in [4.78, 5) is 8.85. The zero-order valence-electron chi connectivity index (χ0n) is 16.2. The second-order valence-corrected chi connectivity index (χ2v) is 6.71. The third-order valence-corrected chi connectivity index (χ3v) is 5.06. The first-order valence-corrected chi connectivity index (χ1v) is 9.62. The van der Waals surface area contributed by atoms with Gasteiger partial charge in [0.15, 0.2) is 0 Å². The minimum atomic E-state index is -0.0809. The Balaban J connectivity index is 2.04. The van der Waals surface area contributed by atoms with Crippen LogP contribution in [0, 0.1) is 11.3 Å². The van der Waals surface area contributed by atoms with Gasteiger partial charge in [-0.2, -0.15) is 5.26 Å². The highest BCUT2D eigenvalue weighted by molar-refractivity contribution is 5.67. The van der Waals surface area contributed by atoms with Crippen LogP contribution < -0.4 is 10.2 Å². The number of hydrogen-bond acceptors (Lipinski definition) is 8. The Bertz CT molecular complexity index is 810. The number of hydrogen-bond donors (Lipinski definition) is 3. The molecule has 3 rings (SSSR count). The summed E-state index contributed by atoms with van der Waals surface area (Å²) in [6, 6.07) is 6.05. The monoisotopic (exact) mass is 385 g/mol. The summed E-state index contributed by atoms with van der Waals surface area (Å²) >= 11 is 0. The highest BCUT2D eigenvalue weighted by Gasteiger charge is 2.27. The number of aromatic nitrogens is 1. The normalized spacial score (nSPS) is 13.8. The lowest BCUT2D eigenvalue weighted by atomic mass is 9.95. The molecule has 0 saturated heterocycles. The van der Waals surface area contributed by atoms with Crippen molar-refractivity contribution < 1.29 is 14.6 Å². The molecule has 1 aliphatic rings. The molecule has 3 N–H and O–H groups in total. The first kappa shape index (κ1) is 20.1. The summed E-state index contributed by atoms with van der Waals surface area (Å²) in [5.74, 6) is 2.03. The van der Waals surface area contributed by atoms with Crippen LogP contribution in [0.1, 0.15) is 29.4 Å². The fourth-order valence-electron chi connectivity index (χ4n) is 3.59. The topological polar surface area (TPSA) is 109 Å². The average molecular weight is 385 g/mol. The number of nitrogens with one attached hydrogen (secondary N) is 1. The number of aliphatic hydroxyl groups excluding tert-OH is 2. The van der Waals surface area contributed by atoms with Crippen molar-refractivity contribution in [3.8, 4) is 6.07 Å². The fraction of sp³-hybridized carbons (Fsp3) is 0.500. The van der Waals surface area contributed by atoms with Gasteiger partial charge < -0.3 is 24.8 Å². The molecule has 8 nitrogen and oxygen atoms in total. The second kappa shape index (κ2) is 9.55.